The van der Waals surface area contributed by atoms with Crippen molar-refractivity contribution in [3.8, 4) is 11.4 Å². The Morgan fingerprint density at radius 2 is 1.86 bits per heavy atom. The Labute approximate surface area is 204 Å². The summed E-state index contributed by atoms with van der Waals surface area (Å²) in [7, 11) is 0. The number of esters is 2. The van der Waals surface area contributed by atoms with Gasteiger partial charge in [0.05, 0.1) is 29.0 Å². The number of pyridine rings is 2. The molecular formula is C26H21N3O7. The summed E-state index contributed by atoms with van der Waals surface area (Å²) in [6.45, 7) is 1.10. The molecule has 36 heavy (non-hydrogen) atoms. The molecule has 1 aromatic carbocycles. The molecule has 0 spiro atoms. The van der Waals surface area contributed by atoms with E-state index in [0.717, 1.165) is 21.4 Å². The molecule has 3 aliphatic rings. The molecule has 10 heteroatoms. The normalized spacial score (nSPS) is 20.2. The summed E-state index contributed by atoms with van der Waals surface area (Å²) in [4.78, 5) is 69.0. The van der Waals surface area contributed by atoms with Gasteiger partial charge in [0.1, 0.15) is 13.2 Å². The number of cyclic esters (lactones) is 1. The first-order valence-corrected chi connectivity index (χ1v) is 11.7. The Balaban J connectivity index is 1.45. The highest BCUT2D eigenvalue weighted by atomic mass is 16.6. The van der Waals surface area contributed by atoms with Gasteiger partial charge in [0.25, 0.3) is 5.56 Å². The number of hydrogen-bond donors (Lipinski definition) is 0. The van der Waals surface area contributed by atoms with Crippen molar-refractivity contribution in [3.05, 3.63) is 63.4 Å². The first-order valence-electron chi connectivity index (χ1n) is 11.7. The number of hydrogen-bond acceptors (Lipinski definition) is 8. The fourth-order valence-corrected chi connectivity index (χ4v) is 5.24. The Kier molecular flexibility index (Phi) is 4.82. The number of aromatic nitrogens is 2. The van der Waals surface area contributed by atoms with E-state index in [1.54, 1.807) is 17.6 Å². The van der Waals surface area contributed by atoms with Gasteiger partial charge in [-0.15, -0.1) is 0 Å². The summed E-state index contributed by atoms with van der Waals surface area (Å²) in [6, 6.07) is 11.3. The average molecular weight is 487 g/mol. The molecular weight excluding hydrogens is 466 g/mol. The van der Waals surface area contributed by atoms with Gasteiger partial charge in [0.2, 0.25) is 17.4 Å². The molecule has 0 aliphatic carbocycles. The molecule has 0 saturated carbocycles. The van der Waals surface area contributed by atoms with Crippen molar-refractivity contribution in [1.82, 2.24) is 14.5 Å². The third kappa shape index (κ3) is 3.10. The lowest BCUT2D eigenvalue weighted by Crippen LogP contribution is -2.49. The van der Waals surface area contributed by atoms with Crippen molar-refractivity contribution in [2.75, 3.05) is 6.54 Å². The van der Waals surface area contributed by atoms with Gasteiger partial charge in [-0.25, -0.2) is 9.78 Å². The molecule has 0 radical (unpaired) electrons. The van der Waals surface area contributed by atoms with E-state index in [9.17, 15) is 24.0 Å². The maximum absolute atomic E-state index is 13.5. The van der Waals surface area contributed by atoms with E-state index in [4.69, 9.17) is 14.5 Å². The highest BCUT2D eigenvalue weighted by Gasteiger charge is 2.51. The first kappa shape index (κ1) is 22.1. The van der Waals surface area contributed by atoms with Gasteiger partial charge >= 0.3 is 11.9 Å². The van der Waals surface area contributed by atoms with Crippen molar-refractivity contribution in [1.29, 1.82) is 0 Å². The Hall–Kier alpha value is -4.34. The maximum Gasteiger partial charge on any atom is 0.355 e. The second-order valence-electron chi connectivity index (χ2n) is 9.11. The maximum atomic E-state index is 13.5. The highest BCUT2D eigenvalue weighted by Crippen LogP contribution is 2.41. The summed E-state index contributed by atoms with van der Waals surface area (Å²) in [5.41, 5.74) is 1.01. The van der Waals surface area contributed by atoms with Crippen LogP contribution in [0.15, 0.2) is 41.2 Å². The second-order valence-corrected chi connectivity index (χ2v) is 9.11. The lowest BCUT2D eigenvalue weighted by molar-refractivity contribution is -0.190. The summed E-state index contributed by atoms with van der Waals surface area (Å²) < 4.78 is 12.6. The molecule has 1 unspecified atom stereocenters. The van der Waals surface area contributed by atoms with Crippen LogP contribution in [-0.4, -0.2) is 44.7 Å². The fourth-order valence-electron chi connectivity index (χ4n) is 5.24. The van der Waals surface area contributed by atoms with E-state index >= 15 is 0 Å². The minimum Gasteiger partial charge on any atom is -0.457 e. The van der Waals surface area contributed by atoms with E-state index < -0.39 is 35.9 Å². The molecule has 6 rings (SSSR count). The minimum atomic E-state index is -1.88. The number of ether oxygens (including phenoxy) is 2. The molecule has 2 amide bonds. The molecule has 10 nitrogen and oxygen atoms in total. The number of imide groups is 1. The van der Waals surface area contributed by atoms with Crippen LogP contribution < -0.4 is 5.56 Å². The van der Waals surface area contributed by atoms with Gasteiger partial charge in [-0.3, -0.25) is 24.1 Å². The predicted molar refractivity (Wildman–Crippen MR) is 124 cm³/mol. The fraction of sp³-hybridized carbons (Fsp3) is 0.308. The van der Waals surface area contributed by atoms with Crippen LogP contribution in [0.1, 0.15) is 42.9 Å². The Morgan fingerprint density at radius 1 is 1.11 bits per heavy atom. The lowest BCUT2D eigenvalue weighted by atomic mass is 9.85. The smallest absolute Gasteiger partial charge is 0.355 e. The van der Waals surface area contributed by atoms with Crippen LogP contribution in [0.5, 0.6) is 0 Å². The number of rotatable bonds is 4. The summed E-state index contributed by atoms with van der Waals surface area (Å²) in [6.07, 6.45) is 0.0488. The monoisotopic (exact) mass is 487 g/mol. The average Bonchev–Trinajstić information content (AvgIpc) is 3.39. The first-order chi connectivity index (χ1) is 17.3. The van der Waals surface area contributed by atoms with Crippen molar-refractivity contribution in [2.24, 2.45) is 0 Å². The van der Waals surface area contributed by atoms with Gasteiger partial charge in [-0.2, -0.15) is 0 Å². The van der Waals surface area contributed by atoms with Crippen molar-refractivity contribution in [3.63, 3.8) is 0 Å². The molecule has 0 bridgehead atoms. The zero-order valence-corrected chi connectivity index (χ0v) is 19.4. The van der Waals surface area contributed by atoms with Crippen LogP contribution in [0, 0.1) is 0 Å². The number of nitrogens with zero attached hydrogens (tertiary/aromatic N) is 3. The van der Waals surface area contributed by atoms with Crippen LogP contribution in [0.3, 0.4) is 0 Å². The molecule has 5 heterocycles. The van der Waals surface area contributed by atoms with Crippen LogP contribution in [0.25, 0.3) is 22.3 Å². The number of carbonyl (C=O) groups excluding carboxylic acids is 4. The van der Waals surface area contributed by atoms with Gasteiger partial charge in [-0.05, 0) is 24.6 Å². The molecule has 3 aromatic rings. The zero-order valence-electron chi connectivity index (χ0n) is 19.4. The third-order valence-electron chi connectivity index (χ3n) is 7.11. The SMILES string of the molecule is CCC1(OC(=O)CN2C(=O)CCC2=O)C(=O)OCc2c1cc1n(c2=O)Cc2cc3ccccc3nc2-1. The molecule has 3 aliphatic heterocycles. The van der Waals surface area contributed by atoms with Crippen molar-refractivity contribution >= 4 is 34.7 Å². The lowest BCUT2D eigenvalue weighted by Gasteiger charge is -2.36. The molecule has 182 valence electrons. The molecule has 0 N–H and O–H groups in total. The second kappa shape index (κ2) is 7.84. The molecule has 2 aromatic heterocycles. The van der Waals surface area contributed by atoms with Gasteiger partial charge in [0.15, 0.2) is 0 Å². The highest BCUT2D eigenvalue weighted by molar-refractivity contribution is 6.04. The zero-order chi connectivity index (χ0) is 25.2. The van der Waals surface area contributed by atoms with E-state index in [-0.39, 0.29) is 42.6 Å². The third-order valence-corrected chi connectivity index (χ3v) is 7.11. The van der Waals surface area contributed by atoms with E-state index in [2.05, 4.69) is 0 Å². The molecule has 1 fully saturated rings. The number of likely N-dealkylation sites (tertiary alicyclic amines) is 1. The van der Waals surface area contributed by atoms with Gasteiger partial charge < -0.3 is 14.0 Å². The van der Waals surface area contributed by atoms with Gasteiger partial charge in [0, 0.05) is 29.4 Å². The largest absolute Gasteiger partial charge is 0.457 e. The summed E-state index contributed by atoms with van der Waals surface area (Å²) in [5.74, 6) is -2.69. The Bertz CT molecular complexity index is 1560. The van der Waals surface area contributed by atoms with Crippen LogP contribution in [0.2, 0.25) is 0 Å². The van der Waals surface area contributed by atoms with Crippen LogP contribution in [0.4, 0.5) is 0 Å². The van der Waals surface area contributed by atoms with Crippen molar-refractivity contribution in [2.45, 2.75) is 44.9 Å². The molecule has 1 atom stereocenters. The number of fused-ring (bicyclic) bond motifs is 5. The Morgan fingerprint density at radius 3 is 2.61 bits per heavy atom. The topological polar surface area (TPSA) is 125 Å². The number of para-hydroxylation sites is 1. The number of benzene rings is 1. The van der Waals surface area contributed by atoms with Gasteiger partial charge in [-0.1, -0.05) is 25.1 Å². The van der Waals surface area contributed by atoms with E-state index in [1.165, 1.54) is 0 Å². The number of amides is 2. The standard InChI is InChI=1S/C26H21N3O7/c1-2-26(36-22(32)12-29-20(30)7-8-21(29)31)17-10-19-23-15(9-14-5-3-4-6-18(14)27-23)11-28(19)24(33)16(17)13-35-25(26)34/h3-6,9-10H,2,7-8,11-13H2,1H3. The van der Waals surface area contributed by atoms with Crippen LogP contribution in [-0.2, 0) is 47.4 Å². The van der Waals surface area contributed by atoms with E-state index in [1.807, 2.05) is 30.3 Å². The summed E-state index contributed by atoms with van der Waals surface area (Å²) >= 11 is 0. The molecule has 1 saturated heterocycles. The number of carbonyl (C=O) groups is 4. The summed E-state index contributed by atoms with van der Waals surface area (Å²) in [5, 5.41) is 0.947. The quantitative estimate of drug-likeness (QED) is 0.315. The van der Waals surface area contributed by atoms with Crippen LogP contribution >= 0.6 is 0 Å². The van der Waals surface area contributed by atoms with E-state index in [0.29, 0.717) is 17.9 Å². The minimum absolute atomic E-state index is 0.00658. The van der Waals surface area contributed by atoms with Crippen molar-refractivity contribution < 1.29 is 28.7 Å². The predicted octanol–water partition coefficient (Wildman–Crippen LogP) is 1.78.